The highest BCUT2D eigenvalue weighted by Crippen LogP contribution is 2.27. The maximum Gasteiger partial charge on any atom is 0.226 e. The first-order valence-electron chi connectivity index (χ1n) is 9.88. The summed E-state index contributed by atoms with van der Waals surface area (Å²) in [5.74, 6) is 7.90. The molecule has 2 aromatic rings. The molecular formula is C27H25F2NO. The third-order valence-electron chi connectivity index (χ3n) is 4.71. The molecule has 0 aromatic heterocycles. The summed E-state index contributed by atoms with van der Waals surface area (Å²) in [5, 5.41) is 2.85. The van der Waals surface area contributed by atoms with E-state index in [4.69, 9.17) is 12.8 Å². The SMILES string of the molecule is C#CCc1cc(C#Cc2cc(C(C)(C)C)ccc2NC(=O)C(C)C)c(F)c(C#C)c1F. The molecule has 1 amide bonds. The van der Waals surface area contributed by atoms with Crippen molar-refractivity contribution in [3.8, 4) is 36.5 Å². The lowest BCUT2D eigenvalue weighted by atomic mass is 9.86. The molecule has 31 heavy (non-hydrogen) atoms. The van der Waals surface area contributed by atoms with Gasteiger partial charge in [-0.15, -0.1) is 18.8 Å². The number of anilines is 1. The highest BCUT2D eigenvalue weighted by Gasteiger charge is 2.18. The Morgan fingerprint density at radius 1 is 1.06 bits per heavy atom. The van der Waals surface area contributed by atoms with Crippen LogP contribution in [0, 0.1) is 54.1 Å². The van der Waals surface area contributed by atoms with Crippen molar-refractivity contribution in [3.05, 3.63) is 63.7 Å². The number of benzene rings is 2. The van der Waals surface area contributed by atoms with Crippen molar-refractivity contribution in [3.63, 3.8) is 0 Å². The van der Waals surface area contributed by atoms with Gasteiger partial charge in [-0.05, 0) is 29.2 Å². The van der Waals surface area contributed by atoms with Crippen molar-refractivity contribution in [2.24, 2.45) is 5.92 Å². The summed E-state index contributed by atoms with van der Waals surface area (Å²) in [6, 6.07) is 6.83. The van der Waals surface area contributed by atoms with Crippen molar-refractivity contribution in [2.45, 2.75) is 46.5 Å². The molecule has 0 saturated heterocycles. The molecule has 0 saturated carbocycles. The zero-order valence-electron chi connectivity index (χ0n) is 18.4. The Labute approximate surface area is 183 Å². The molecule has 0 atom stereocenters. The summed E-state index contributed by atoms with van der Waals surface area (Å²) >= 11 is 0. The first kappa shape index (κ1) is 23.7. The Balaban J connectivity index is 2.66. The lowest BCUT2D eigenvalue weighted by molar-refractivity contribution is -0.118. The molecule has 0 spiro atoms. The lowest BCUT2D eigenvalue weighted by Crippen LogP contribution is -2.19. The molecule has 2 nitrogen and oxygen atoms in total. The average Bonchev–Trinajstić information content (AvgIpc) is 2.69. The van der Waals surface area contributed by atoms with Gasteiger partial charge in [0, 0.05) is 23.5 Å². The van der Waals surface area contributed by atoms with Crippen LogP contribution in [0.5, 0.6) is 0 Å². The fraction of sp³-hybridized carbons (Fsp3) is 0.296. The standard InChI is InChI=1S/C27H25F2NO/c1-8-10-19-15-20(25(29)22(9-2)24(19)28)12-11-18-16-21(27(5,6)7)13-14-23(18)30-26(31)17(3)4/h1-2,13-17H,10H2,3-7H3,(H,30,31). The summed E-state index contributed by atoms with van der Waals surface area (Å²) in [4.78, 5) is 12.2. The van der Waals surface area contributed by atoms with Gasteiger partial charge in [-0.1, -0.05) is 58.4 Å². The number of hydrogen-bond acceptors (Lipinski definition) is 1. The van der Waals surface area contributed by atoms with Gasteiger partial charge in [-0.25, -0.2) is 8.78 Å². The van der Waals surface area contributed by atoms with Crippen LogP contribution < -0.4 is 5.32 Å². The number of hydrogen-bond donors (Lipinski definition) is 1. The minimum Gasteiger partial charge on any atom is -0.325 e. The van der Waals surface area contributed by atoms with Crippen molar-refractivity contribution in [2.75, 3.05) is 5.32 Å². The third kappa shape index (κ3) is 5.53. The van der Waals surface area contributed by atoms with Crippen LogP contribution in [0.15, 0.2) is 24.3 Å². The van der Waals surface area contributed by atoms with Crippen molar-refractivity contribution in [1.82, 2.24) is 0 Å². The maximum absolute atomic E-state index is 14.7. The molecule has 1 N–H and O–H groups in total. The summed E-state index contributed by atoms with van der Waals surface area (Å²) in [6.07, 6.45) is 10.5. The fourth-order valence-electron chi connectivity index (χ4n) is 2.78. The van der Waals surface area contributed by atoms with Crippen LogP contribution in [-0.4, -0.2) is 5.91 Å². The Morgan fingerprint density at radius 3 is 2.26 bits per heavy atom. The van der Waals surface area contributed by atoms with Crippen LogP contribution in [-0.2, 0) is 16.6 Å². The number of nitrogens with one attached hydrogen (secondary N) is 1. The van der Waals surface area contributed by atoms with E-state index in [0.717, 1.165) is 5.56 Å². The molecular weight excluding hydrogens is 392 g/mol. The molecule has 0 aliphatic carbocycles. The minimum atomic E-state index is -0.909. The number of terminal acetylenes is 2. The lowest BCUT2D eigenvalue weighted by Gasteiger charge is -2.20. The number of carbonyl (C=O) groups is 1. The second kappa shape index (κ2) is 9.51. The van der Waals surface area contributed by atoms with Crippen LogP contribution in [0.1, 0.15) is 62.4 Å². The van der Waals surface area contributed by atoms with E-state index in [9.17, 15) is 13.6 Å². The largest absolute Gasteiger partial charge is 0.325 e. The number of rotatable bonds is 3. The van der Waals surface area contributed by atoms with Gasteiger partial charge in [-0.3, -0.25) is 4.79 Å². The van der Waals surface area contributed by atoms with E-state index in [0.29, 0.717) is 11.3 Å². The molecule has 0 aliphatic heterocycles. The van der Waals surface area contributed by atoms with Crippen molar-refractivity contribution in [1.29, 1.82) is 0 Å². The van der Waals surface area contributed by atoms with Crippen molar-refractivity contribution < 1.29 is 13.6 Å². The van der Waals surface area contributed by atoms with Crippen LogP contribution in [0.2, 0.25) is 0 Å². The van der Waals surface area contributed by atoms with E-state index in [2.05, 4.69) is 43.8 Å². The molecule has 2 rings (SSSR count). The monoisotopic (exact) mass is 417 g/mol. The van der Waals surface area contributed by atoms with E-state index >= 15 is 0 Å². The second-order valence-electron chi connectivity index (χ2n) is 8.52. The molecule has 0 bridgehead atoms. The molecule has 158 valence electrons. The van der Waals surface area contributed by atoms with Crippen LogP contribution in [0.25, 0.3) is 0 Å². The topological polar surface area (TPSA) is 29.1 Å². The summed E-state index contributed by atoms with van der Waals surface area (Å²) in [6.45, 7) is 9.73. The fourth-order valence-corrected chi connectivity index (χ4v) is 2.78. The van der Waals surface area contributed by atoms with Gasteiger partial charge in [-0.2, -0.15) is 0 Å². The first-order valence-corrected chi connectivity index (χ1v) is 9.88. The Bertz CT molecular complexity index is 1160. The van der Waals surface area contributed by atoms with Crippen molar-refractivity contribution >= 4 is 11.6 Å². The number of carbonyl (C=O) groups excluding carboxylic acids is 1. The van der Waals surface area contributed by atoms with E-state index in [1.165, 1.54) is 6.07 Å². The molecule has 0 heterocycles. The third-order valence-corrected chi connectivity index (χ3v) is 4.71. The van der Waals surface area contributed by atoms with E-state index in [1.54, 1.807) is 19.9 Å². The second-order valence-corrected chi connectivity index (χ2v) is 8.52. The van der Waals surface area contributed by atoms with Crippen LogP contribution in [0.4, 0.5) is 14.5 Å². The van der Waals surface area contributed by atoms with Gasteiger partial charge in [0.15, 0.2) is 5.82 Å². The average molecular weight is 417 g/mol. The Kier molecular flexibility index (Phi) is 7.28. The predicted molar refractivity (Wildman–Crippen MR) is 121 cm³/mol. The molecule has 0 unspecified atom stereocenters. The first-order chi connectivity index (χ1) is 14.5. The summed E-state index contributed by atoms with van der Waals surface area (Å²) in [7, 11) is 0. The summed E-state index contributed by atoms with van der Waals surface area (Å²) < 4.78 is 29.1. The van der Waals surface area contributed by atoms with E-state index < -0.39 is 17.2 Å². The van der Waals surface area contributed by atoms with E-state index in [-0.39, 0.29) is 34.8 Å². The zero-order valence-corrected chi connectivity index (χ0v) is 18.4. The molecule has 2 aromatic carbocycles. The van der Waals surface area contributed by atoms with Gasteiger partial charge in [0.2, 0.25) is 5.91 Å². The van der Waals surface area contributed by atoms with Gasteiger partial charge in [0.25, 0.3) is 0 Å². The highest BCUT2D eigenvalue weighted by atomic mass is 19.1. The van der Waals surface area contributed by atoms with Gasteiger partial charge >= 0.3 is 0 Å². The number of amides is 1. The van der Waals surface area contributed by atoms with Gasteiger partial charge in [0.1, 0.15) is 5.82 Å². The predicted octanol–water partition coefficient (Wildman–Crippen LogP) is 5.41. The zero-order chi connectivity index (χ0) is 23.3. The Morgan fingerprint density at radius 2 is 1.71 bits per heavy atom. The highest BCUT2D eigenvalue weighted by molar-refractivity contribution is 5.93. The minimum absolute atomic E-state index is 0.0370. The van der Waals surface area contributed by atoms with Crippen LogP contribution in [0.3, 0.4) is 0 Å². The molecule has 0 radical (unpaired) electrons. The maximum atomic E-state index is 14.7. The van der Waals surface area contributed by atoms with Gasteiger partial charge in [0.05, 0.1) is 16.8 Å². The normalized spacial score (nSPS) is 10.6. The molecule has 0 fully saturated rings. The smallest absolute Gasteiger partial charge is 0.226 e. The summed E-state index contributed by atoms with van der Waals surface area (Å²) in [5.41, 5.74) is 1.44. The molecule has 4 heteroatoms. The van der Waals surface area contributed by atoms with Gasteiger partial charge < -0.3 is 5.32 Å². The van der Waals surface area contributed by atoms with E-state index in [1.807, 2.05) is 18.1 Å². The van der Waals surface area contributed by atoms with Crippen LogP contribution >= 0.6 is 0 Å². The quantitative estimate of drug-likeness (QED) is 0.665. The number of halogens is 2. The molecule has 0 aliphatic rings. The Hall–Kier alpha value is -3.55.